The lowest BCUT2D eigenvalue weighted by Gasteiger charge is -2.17. The van der Waals surface area contributed by atoms with Gasteiger partial charge in [-0.2, -0.15) is 0 Å². The first kappa shape index (κ1) is 31.8. The van der Waals surface area contributed by atoms with Crippen molar-refractivity contribution < 1.29 is 19.3 Å². The summed E-state index contributed by atoms with van der Waals surface area (Å²) in [6.45, 7) is 1.86. The summed E-state index contributed by atoms with van der Waals surface area (Å²) in [6.07, 6.45) is 1.44. The van der Waals surface area contributed by atoms with E-state index in [4.69, 9.17) is 0 Å². The van der Waals surface area contributed by atoms with E-state index in [1.807, 2.05) is 48.7 Å². The zero-order valence-corrected chi connectivity index (χ0v) is 26.0. The van der Waals surface area contributed by atoms with Gasteiger partial charge in [0.2, 0.25) is 5.91 Å². The van der Waals surface area contributed by atoms with Crippen molar-refractivity contribution in [3.8, 4) is 0 Å². The van der Waals surface area contributed by atoms with E-state index < -0.39 is 22.0 Å². The Labute approximate surface area is 272 Å². The number of nitro benzene ring substituents is 1. The number of hydrogen-bond acceptors (Lipinski definition) is 8. The van der Waals surface area contributed by atoms with Crippen molar-refractivity contribution in [3.63, 3.8) is 0 Å². The van der Waals surface area contributed by atoms with Crippen LogP contribution in [-0.2, 0) is 9.59 Å². The number of carbonyl (C=O) groups excluding carboxylic acids is 3. The highest BCUT2D eigenvalue weighted by atomic mass is 32.2. The monoisotopic (exact) mass is 649 g/mol. The first-order valence-corrected chi connectivity index (χ1v) is 15.7. The first-order chi connectivity index (χ1) is 22.2. The minimum atomic E-state index is -0.612. The molecule has 1 unspecified atom stereocenters. The molecule has 5 aromatic rings. The van der Waals surface area contributed by atoms with E-state index in [1.54, 1.807) is 48.5 Å². The molecule has 46 heavy (non-hydrogen) atoms. The molecule has 1 aromatic heterocycles. The maximum absolute atomic E-state index is 13.5. The summed E-state index contributed by atoms with van der Waals surface area (Å²) in [6, 6.07) is 30.4. The van der Waals surface area contributed by atoms with Gasteiger partial charge in [-0.25, -0.2) is 4.98 Å². The van der Waals surface area contributed by atoms with E-state index in [9.17, 15) is 24.5 Å². The van der Waals surface area contributed by atoms with Gasteiger partial charge in [0.1, 0.15) is 10.9 Å². The molecule has 0 radical (unpaired) electrons. The van der Waals surface area contributed by atoms with Crippen LogP contribution in [0.4, 0.5) is 16.5 Å². The van der Waals surface area contributed by atoms with Crippen LogP contribution < -0.4 is 16.0 Å². The molecular weight excluding hydrogens is 623 g/mol. The van der Waals surface area contributed by atoms with Crippen LogP contribution in [0.1, 0.15) is 32.4 Å². The fraction of sp³-hybridized carbons (Fsp3) is 0.0588. The molecule has 0 spiro atoms. The summed E-state index contributed by atoms with van der Waals surface area (Å²) in [5.74, 6) is -1.35. The third-order valence-electron chi connectivity index (χ3n) is 6.48. The number of non-ortho nitro benzene ring substituents is 1. The van der Waals surface area contributed by atoms with Gasteiger partial charge in [0.25, 0.3) is 17.5 Å². The molecule has 3 N–H and O–H groups in total. The summed E-state index contributed by atoms with van der Waals surface area (Å²) in [4.78, 5) is 55.6. The fourth-order valence-electron chi connectivity index (χ4n) is 4.27. The summed E-state index contributed by atoms with van der Waals surface area (Å²) < 4.78 is 0. The van der Waals surface area contributed by atoms with Crippen LogP contribution in [0.3, 0.4) is 0 Å². The molecular formula is C34H27N5O5S2. The highest BCUT2D eigenvalue weighted by Crippen LogP contribution is 2.37. The summed E-state index contributed by atoms with van der Waals surface area (Å²) in [7, 11) is 0. The molecule has 1 heterocycles. The Morgan fingerprint density at radius 2 is 1.59 bits per heavy atom. The number of hydrogen-bond donors (Lipinski definition) is 3. The third-order valence-corrected chi connectivity index (χ3v) is 8.60. The second-order valence-electron chi connectivity index (χ2n) is 9.90. The van der Waals surface area contributed by atoms with Crippen LogP contribution in [0, 0.1) is 17.0 Å². The number of nitrogens with zero attached hydrogens (tertiary/aromatic N) is 2. The Morgan fingerprint density at radius 3 is 2.24 bits per heavy atom. The molecule has 3 amide bonds. The number of anilines is 2. The van der Waals surface area contributed by atoms with Crippen LogP contribution in [0.15, 0.2) is 125 Å². The van der Waals surface area contributed by atoms with Crippen molar-refractivity contribution in [1.29, 1.82) is 0 Å². The van der Waals surface area contributed by atoms with Crippen molar-refractivity contribution in [2.75, 3.05) is 10.6 Å². The molecule has 230 valence electrons. The molecule has 0 aliphatic rings. The molecule has 4 aromatic carbocycles. The number of thioether (sulfide) groups is 1. The van der Waals surface area contributed by atoms with Crippen LogP contribution in [0.5, 0.6) is 0 Å². The zero-order valence-electron chi connectivity index (χ0n) is 24.4. The molecule has 1 atom stereocenters. The molecule has 0 saturated carbocycles. The Morgan fingerprint density at radius 1 is 0.891 bits per heavy atom. The van der Waals surface area contributed by atoms with E-state index in [0.717, 1.165) is 11.3 Å². The molecule has 0 saturated heterocycles. The SMILES string of the molecule is Cc1csc(NC(=O)C(Sc2cccc(NC(=O)/C(=C\c3ccc([N+](=O)[O-])cc3)NC(=O)c3ccccc3)c2)c2ccccc2)n1. The Kier molecular flexibility index (Phi) is 10.3. The van der Waals surface area contributed by atoms with Crippen molar-refractivity contribution >= 4 is 63.4 Å². The number of aromatic nitrogens is 1. The summed E-state index contributed by atoms with van der Waals surface area (Å²) in [5, 5.41) is 21.2. The van der Waals surface area contributed by atoms with Crippen molar-refractivity contribution in [3.05, 3.63) is 153 Å². The average molecular weight is 650 g/mol. The largest absolute Gasteiger partial charge is 0.321 e. The van der Waals surface area contributed by atoms with Crippen molar-refractivity contribution in [2.24, 2.45) is 0 Å². The van der Waals surface area contributed by atoms with Crippen LogP contribution in [0.25, 0.3) is 6.08 Å². The number of carbonyl (C=O) groups is 3. The van der Waals surface area contributed by atoms with Gasteiger partial charge in [-0.15, -0.1) is 23.1 Å². The molecule has 0 bridgehead atoms. The topological polar surface area (TPSA) is 143 Å². The Balaban J connectivity index is 1.38. The van der Waals surface area contributed by atoms with E-state index in [2.05, 4.69) is 20.9 Å². The number of amides is 3. The normalized spacial score (nSPS) is 11.7. The predicted octanol–water partition coefficient (Wildman–Crippen LogP) is 7.24. The molecule has 0 fully saturated rings. The highest BCUT2D eigenvalue weighted by Gasteiger charge is 2.23. The number of nitrogens with one attached hydrogen (secondary N) is 3. The quantitative estimate of drug-likeness (QED) is 0.0592. The first-order valence-electron chi connectivity index (χ1n) is 13.9. The summed E-state index contributed by atoms with van der Waals surface area (Å²) >= 11 is 2.66. The molecule has 5 rings (SSSR count). The second kappa shape index (κ2) is 14.9. The smallest absolute Gasteiger partial charge is 0.272 e. The van der Waals surface area contributed by atoms with Gasteiger partial charge >= 0.3 is 0 Å². The van der Waals surface area contributed by atoms with E-state index in [-0.39, 0.29) is 17.3 Å². The van der Waals surface area contributed by atoms with Crippen LogP contribution in [-0.4, -0.2) is 27.6 Å². The maximum atomic E-state index is 13.5. The zero-order chi connectivity index (χ0) is 32.5. The number of benzene rings is 4. The van der Waals surface area contributed by atoms with Gasteiger partial charge in [-0.05, 0) is 66.6 Å². The van der Waals surface area contributed by atoms with Crippen LogP contribution >= 0.6 is 23.1 Å². The van der Waals surface area contributed by atoms with Gasteiger partial charge in [0.15, 0.2) is 5.13 Å². The highest BCUT2D eigenvalue weighted by molar-refractivity contribution is 8.00. The van der Waals surface area contributed by atoms with E-state index in [0.29, 0.717) is 26.8 Å². The van der Waals surface area contributed by atoms with Gasteiger partial charge in [-0.1, -0.05) is 54.6 Å². The average Bonchev–Trinajstić information content (AvgIpc) is 3.48. The third kappa shape index (κ3) is 8.52. The lowest BCUT2D eigenvalue weighted by Crippen LogP contribution is -2.30. The molecule has 0 aliphatic carbocycles. The second-order valence-corrected chi connectivity index (χ2v) is 11.9. The van der Waals surface area contributed by atoms with Gasteiger partial charge in [-0.3, -0.25) is 24.5 Å². The minimum Gasteiger partial charge on any atom is -0.321 e. The predicted molar refractivity (Wildman–Crippen MR) is 181 cm³/mol. The Bertz CT molecular complexity index is 1890. The number of rotatable bonds is 11. The van der Waals surface area contributed by atoms with Crippen LogP contribution in [0.2, 0.25) is 0 Å². The standard InChI is InChI=1S/C34H27N5O5S2/c1-22-21-45-34(35-22)38-33(42)30(24-9-4-2-5-10-24)46-28-14-8-13-26(20-28)36-32(41)29(37-31(40)25-11-6-3-7-12-25)19-23-15-17-27(18-16-23)39(43)44/h2-21,30H,1H3,(H,36,41)(H,37,40)(H,35,38,42)/b29-19+. The lowest BCUT2D eigenvalue weighted by atomic mass is 10.1. The molecule has 12 heteroatoms. The number of thiazole rings is 1. The maximum Gasteiger partial charge on any atom is 0.272 e. The number of aryl methyl sites for hydroxylation is 1. The van der Waals surface area contributed by atoms with Gasteiger partial charge in [0, 0.05) is 33.7 Å². The minimum absolute atomic E-state index is 0.0685. The van der Waals surface area contributed by atoms with Crippen molar-refractivity contribution in [1.82, 2.24) is 10.3 Å². The van der Waals surface area contributed by atoms with E-state index >= 15 is 0 Å². The van der Waals surface area contributed by atoms with E-state index in [1.165, 1.54) is 53.4 Å². The molecule has 10 nitrogen and oxygen atoms in total. The number of nitro groups is 1. The Hall–Kier alpha value is -5.59. The van der Waals surface area contributed by atoms with Gasteiger partial charge in [0.05, 0.1) is 10.6 Å². The van der Waals surface area contributed by atoms with Crippen molar-refractivity contribution in [2.45, 2.75) is 17.1 Å². The fourth-order valence-corrected chi connectivity index (χ4v) is 6.04. The lowest BCUT2D eigenvalue weighted by molar-refractivity contribution is -0.384. The van der Waals surface area contributed by atoms with Gasteiger partial charge < -0.3 is 16.0 Å². The summed E-state index contributed by atoms with van der Waals surface area (Å²) in [5.41, 5.74) is 2.69. The molecule has 0 aliphatic heterocycles.